The minimum Gasteiger partial charge on any atom is -0.508 e. The third kappa shape index (κ3) is 2.22. The van der Waals surface area contributed by atoms with Crippen molar-refractivity contribution in [3.8, 4) is 6.07 Å². The summed E-state index contributed by atoms with van der Waals surface area (Å²) in [4.78, 5) is 13.7. The van der Waals surface area contributed by atoms with E-state index in [1.807, 2.05) is 20.8 Å². The van der Waals surface area contributed by atoms with Crippen LogP contribution in [-0.4, -0.2) is 22.0 Å². The van der Waals surface area contributed by atoms with Crippen LogP contribution in [0.1, 0.15) is 26.3 Å². The Morgan fingerprint density at radius 1 is 1.53 bits per heavy atom. The van der Waals surface area contributed by atoms with Gasteiger partial charge < -0.3 is 14.4 Å². The maximum Gasteiger partial charge on any atom is 0.269 e. The molecule has 0 fully saturated rings. The van der Waals surface area contributed by atoms with Gasteiger partial charge >= 0.3 is 0 Å². The second-order valence-electron chi connectivity index (χ2n) is 5.71. The fourth-order valence-corrected chi connectivity index (χ4v) is 2.38. The Morgan fingerprint density at radius 2 is 2.21 bits per heavy atom. The molecule has 1 aromatic heterocycles. The van der Waals surface area contributed by atoms with Gasteiger partial charge in [0, 0.05) is 12.1 Å². The molecule has 5 heteroatoms. The first-order chi connectivity index (χ1) is 8.86. The van der Waals surface area contributed by atoms with Crippen molar-refractivity contribution in [1.82, 2.24) is 4.90 Å². The SMILES string of the molecule is CC(C)(C)C1C(O)=C(C#N)C(=O)N1Cc1ccoc1. The second-order valence-corrected chi connectivity index (χ2v) is 5.71. The molecule has 0 saturated carbocycles. The molecule has 5 nitrogen and oxygen atoms in total. The molecule has 100 valence electrons. The molecule has 1 atom stereocenters. The van der Waals surface area contributed by atoms with E-state index in [0.29, 0.717) is 6.54 Å². The molecule has 0 bridgehead atoms. The number of hydrogen-bond donors (Lipinski definition) is 1. The van der Waals surface area contributed by atoms with Crippen LogP contribution >= 0.6 is 0 Å². The highest BCUT2D eigenvalue weighted by Crippen LogP contribution is 2.37. The predicted octanol–water partition coefficient (Wildman–Crippen LogP) is 2.37. The van der Waals surface area contributed by atoms with Crippen molar-refractivity contribution < 1.29 is 14.3 Å². The van der Waals surface area contributed by atoms with Gasteiger partial charge in [-0.2, -0.15) is 5.26 Å². The van der Waals surface area contributed by atoms with E-state index in [-0.39, 0.29) is 16.7 Å². The van der Waals surface area contributed by atoms with Gasteiger partial charge in [0.05, 0.1) is 18.6 Å². The van der Waals surface area contributed by atoms with E-state index in [1.54, 1.807) is 18.4 Å². The highest BCUT2D eigenvalue weighted by atomic mass is 16.3. The summed E-state index contributed by atoms with van der Waals surface area (Å²) in [6, 6.07) is 3.05. The number of carbonyl (C=O) groups is 1. The standard InChI is InChI=1S/C14H16N2O3/c1-14(2,3)12-11(17)10(6-15)13(18)16(12)7-9-4-5-19-8-9/h4-5,8,12,17H,7H2,1-3H3. The molecule has 19 heavy (non-hydrogen) atoms. The van der Waals surface area contributed by atoms with Crippen LogP contribution in [0.5, 0.6) is 0 Å². The van der Waals surface area contributed by atoms with Crippen molar-refractivity contribution in [1.29, 1.82) is 5.26 Å². The molecule has 2 rings (SSSR count). The monoisotopic (exact) mass is 260 g/mol. The molecular formula is C14H16N2O3. The van der Waals surface area contributed by atoms with Gasteiger partial charge in [-0.25, -0.2) is 0 Å². The van der Waals surface area contributed by atoms with Crippen molar-refractivity contribution in [2.75, 3.05) is 0 Å². The highest BCUT2D eigenvalue weighted by Gasteiger charge is 2.45. The zero-order chi connectivity index (χ0) is 14.2. The van der Waals surface area contributed by atoms with Gasteiger partial charge in [0.25, 0.3) is 5.91 Å². The van der Waals surface area contributed by atoms with E-state index in [1.165, 1.54) is 11.2 Å². The van der Waals surface area contributed by atoms with E-state index < -0.39 is 11.9 Å². The summed E-state index contributed by atoms with van der Waals surface area (Å²) >= 11 is 0. The summed E-state index contributed by atoms with van der Waals surface area (Å²) in [5, 5.41) is 19.1. The van der Waals surface area contributed by atoms with Crippen molar-refractivity contribution >= 4 is 5.91 Å². The molecule has 0 spiro atoms. The van der Waals surface area contributed by atoms with Crippen LogP contribution < -0.4 is 0 Å². The summed E-state index contributed by atoms with van der Waals surface area (Å²) in [7, 11) is 0. The van der Waals surface area contributed by atoms with E-state index >= 15 is 0 Å². The van der Waals surface area contributed by atoms with Gasteiger partial charge in [0.15, 0.2) is 5.57 Å². The molecule has 0 aromatic carbocycles. The lowest BCUT2D eigenvalue weighted by Gasteiger charge is -2.34. The molecule has 1 aromatic rings. The average Bonchev–Trinajstić information content (AvgIpc) is 2.87. The molecular weight excluding hydrogens is 244 g/mol. The molecule has 0 saturated heterocycles. The third-order valence-corrected chi connectivity index (χ3v) is 3.17. The zero-order valence-electron chi connectivity index (χ0n) is 11.2. The molecule has 1 unspecified atom stereocenters. The first-order valence-corrected chi connectivity index (χ1v) is 6.01. The number of nitrogens with zero attached hydrogens (tertiary/aromatic N) is 2. The topological polar surface area (TPSA) is 77.5 Å². The number of rotatable bonds is 2. The van der Waals surface area contributed by atoms with Gasteiger partial charge in [-0.05, 0) is 11.5 Å². The van der Waals surface area contributed by atoms with Crippen LogP contribution in [0.2, 0.25) is 0 Å². The largest absolute Gasteiger partial charge is 0.508 e. The van der Waals surface area contributed by atoms with E-state index in [9.17, 15) is 9.90 Å². The fourth-order valence-electron chi connectivity index (χ4n) is 2.38. The molecule has 0 aliphatic carbocycles. The summed E-state index contributed by atoms with van der Waals surface area (Å²) in [6.45, 7) is 6.07. The summed E-state index contributed by atoms with van der Waals surface area (Å²) in [6.07, 6.45) is 3.08. The summed E-state index contributed by atoms with van der Waals surface area (Å²) in [5.74, 6) is -0.565. The second kappa shape index (κ2) is 4.47. The number of nitriles is 1. The molecule has 1 aliphatic rings. The number of aliphatic hydroxyl groups is 1. The molecule has 1 aliphatic heterocycles. The maximum atomic E-state index is 12.2. The minimum absolute atomic E-state index is 0.136. The highest BCUT2D eigenvalue weighted by molar-refractivity contribution is 6.00. The van der Waals surface area contributed by atoms with Crippen LogP contribution in [0.3, 0.4) is 0 Å². The fraction of sp³-hybridized carbons (Fsp3) is 0.429. The van der Waals surface area contributed by atoms with E-state index in [4.69, 9.17) is 9.68 Å². The zero-order valence-corrected chi connectivity index (χ0v) is 11.2. The van der Waals surface area contributed by atoms with Crippen LogP contribution in [0.4, 0.5) is 0 Å². The van der Waals surface area contributed by atoms with Crippen molar-refractivity contribution in [3.63, 3.8) is 0 Å². The van der Waals surface area contributed by atoms with Gasteiger partial charge in [0.2, 0.25) is 0 Å². The Bertz CT molecular complexity index is 559. The Labute approximate surface area is 111 Å². The van der Waals surface area contributed by atoms with Crippen molar-refractivity contribution in [3.05, 3.63) is 35.5 Å². The number of carbonyl (C=O) groups excluding carboxylic acids is 1. The summed E-state index contributed by atoms with van der Waals surface area (Å²) < 4.78 is 4.98. The van der Waals surface area contributed by atoms with Crippen LogP contribution in [0.25, 0.3) is 0 Å². The number of amides is 1. The molecule has 1 amide bonds. The van der Waals surface area contributed by atoms with Crippen LogP contribution in [-0.2, 0) is 11.3 Å². The van der Waals surface area contributed by atoms with Gasteiger partial charge in [-0.15, -0.1) is 0 Å². The van der Waals surface area contributed by atoms with E-state index in [0.717, 1.165) is 5.56 Å². The van der Waals surface area contributed by atoms with Gasteiger partial charge in [-0.3, -0.25) is 4.79 Å². The number of aliphatic hydroxyl groups excluding tert-OH is 1. The van der Waals surface area contributed by atoms with Crippen molar-refractivity contribution in [2.24, 2.45) is 5.41 Å². The number of furan rings is 1. The lowest BCUT2D eigenvalue weighted by Crippen LogP contribution is -2.43. The normalized spacial score (nSPS) is 20.0. The minimum atomic E-state index is -0.496. The Kier molecular flexibility index (Phi) is 3.11. The van der Waals surface area contributed by atoms with Gasteiger partial charge in [-0.1, -0.05) is 20.8 Å². The van der Waals surface area contributed by atoms with Crippen LogP contribution in [0.15, 0.2) is 34.3 Å². The Balaban J connectivity index is 2.38. The van der Waals surface area contributed by atoms with E-state index in [2.05, 4.69) is 0 Å². The maximum absolute atomic E-state index is 12.2. The average molecular weight is 260 g/mol. The smallest absolute Gasteiger partial charge is 0.269 e. The number of hydrogen-bond acceptors (Lipinski definition) is 4. The van der Waals surface area contributed by atoms with Gasteiger partial charge in [0.1, 0.15) is 11.8 Å². The van der Waals surface area contributed by atoms with Crippen LogP contribution in [0, 0.1) is 16.7 Å². The molecule has 2 heterocycles. The third-order valence-electron chi connectivity index (χ3n) is 3.17. The first kappa shape index (κ1) is 13.2. The lowest BCUT2D eigenvalue weighted by molar-refractivity contribution is -0.129. The quantitative estimate of drug-likeness (QED) is 0.885. The molecule has 1 N–H and O–H groups in total. The predicted molar refractivity (Wildman–Crippen MR) is 67.8 cm³/mol. The Morgan fingerprint density at radius 3 is 2.68 bits per heavy atom. The Hall–Kier alpha value is -2.22. The molecule has 0 radical (unpaired) electrons. The van der Waals surface area contributed by atoms with Crippen molar-refractivity contribution in [2.45, 2.75) is 33.4 Å². The summed E-state index contributed by atoms with van der Waals surface area (Å²) in [5.41, 5.74) is 0.306. The lowest BCUT2D eigenvalue weighted by atomic mass is 9.85. The first-order valence-electron chi connectivity index (χ1n) is 6.01.